The molecule has 0 aromatic heterocycles. The van der Waals surface area contributed by atoms with Crippen molar-refractivity contribution in [2.45, 2.75) is 38.6 Å². The summed E-state index contributed by atoms with van der Waals surface area (Å²) in [4.78, 5) is 0. The predicted molar refractivity (Wildman–Crippen MR) is 44.1 cm³/mol. The van der Waals surface area contributed by atoms with Crippen molar-refractivity contribution >= 4 is 0 Å². The van der Waals surface area contributed by atoms with E-state index in [-0.39, 0.29) is 6.61 Å². The maximum atomic E-state index is 7.57. The number of hydrogen-bond acceptors (Lipinski definition) is 2. The Labute approximate surface area is 63.6 Å². The first kappa shape index (κ1) is 9.92. The standard InChI is InChI=1S/C6H13N.C2H6O/c1-7-6-4-2-3-5-6;1-2-3/h6-7H,2-5H2,1H3;3H,2H2,1H3. The zero-order valence-corrected chi connectivity index (χ0v) is 7.06. The van der Waals surface area contributed by atoms with E-state index in [4.69, 9.17) is 5.11 Å². The molecular weight excluding hydrogens is 126 g/mol. The lowest BCUT2D eigenvalue weighted by atomic mass is 10.3. The van der Waals surface area contributed by atoms with Gasteiger partial charge in [0.25, 0.3) is 0 Å². The molecule has 2 nitrogen and oxygen atoms in total. The van der Waals surface area contributed by atoms with E-state index in [0.717, 1.165) is 6.04 Å². The summed E-state index contributed by atoms with van der Waals surface area (Å²) < 4.78 is 0. The second-order valence-corrected chi connectivity index (χ2v) is 2.59. The van der Waals surface area contributed by atoms with Crippen LogP contribution in [0.4, 0.5) is 0 Å². The van der Waals surface area contributed by atoms with Crippen LogP contribution in [-0.2, 0) is 0 Å². The Kier molecular flexibility index (Phi) is 6.98. The summed E-state index contributed by atoms with van der Waals surface area (Å²) >= 11 is 0. The van der Waals surface area contributed by atoms with Crippen LogP contribution < -0.4 is 5.32 Å². The molecule has 0 aliphatic heterocycles. The van der Waals surface area contributed by atoms with Gasteiger partial charge in [0.2, 0.25) is 0 Å². The van der Waals surface area contributed by atoms with Crippen LogP contribution in [0.5, 0.6) is 0 Å². The minimum absolute atomic E-state index is 0.250. The Balaban J connectivity index is 0.000000236. The summed E-state index contributed by atoms with van der Waals surface area (Å²) in [6.45, 7) is 1.93. The lowest BCUT2D eigenvalue weighted by molar-refractivity contribution is 0.318. The van der Waals surface area contributed by atoms with Crippen LogP contribution >= 0.6 is 0 Å². The number of aliphatic hydroxyl groups excluding tert-OH is 1. The molecule has 0 atom stereocenters. The van der Waals surface area contributed by atoms with Gasteiger partial charge in [0, 0.05) is 12.6 Å². The molecule has 1 saturated carbocycles. The third-order valence-corrected chi connectivity index (χ3v) is 1.76. The first-order valence-electron chi connectivity index (χ1n) is 4.13. The molecule has 0 spiro atoms. The Morgan fingerprint density at radius 1 is 1.40 bits per heavy atom. The molecule has 10 heavy (non-hydrogen) atoms. The van der Waals surface area contributed by atoms with Gasteiger partial charge in [-0.3, -0.25) is 0 Å². The summed E-state index contributed by atoms with van der Waals surface area (Å²) in [6, 6.07) is 0.847. The van der Waals surface area contributed by atoms with E-state index in [1.807, 2.05) is 0 Å². The number of hydrogen-bond donors (Lipinski definition) is 2. The van der Waals surface area contributed by atoms with E-state index in [0.29, 0.717) is 0 Å². The normalized spacial score (nSPS) is 18.3. The van der Waals surface area contributed by atoms with Gasteiger partial charge in [-0.1, -0.05) is 12.8 Å². The van der Waals surface area contributed by atoms with Gasteiger partial charge in [0.15, 0.2) is 0 Å². The van der Waals surface area contributed by atoms with Gasteiger partial charge in [-0.25, -0.2) is 0 Å². The Hall–Kier alpha value is -0.0800. The monoisotopic (exact) mass is 145 g/mol. The lowest BCUT2D eigenvalue weighted by Crippen LogP contribution is -2.20. The molecule has 0 heterocycles. The van der Waals surface area contributed by atoms with E-state index in [9.17, 15) is 0 Å². The number of nitrogens with one attached hydrogen (secondary N) is 1. The maximum Gasteiger partial charge on any atom is 0.0402 e. The van der Waals surface area contributed by atoms with Gasteiger partial charge in [0.05, 0.1) is 0 Å². The first-order chi connectivity index (χ1) is 4.85. The van der Waals surface area contributed by atoms with Crippen molar-refractivity contribution in [1.82, 2.24) is 5.32 Å². The van der Waals surface area contributed by atoms with Crippen LogP contribution in [0.25, 0.3) is 0 Å². The highest BCUT2D eigenvalue weighted by atomic mass is 16.2. The predicted octanol–water partition coefficient (Wildman–Crippen LogP) is 1.15. The molecule has 0 aromatic carbocycles. The van der Waals surface area contributed by atoms with Gasteiger partial charge < -0.3 is 10.4 Å². The van der Waals surface area contributed by atoms with E-state index < -0.39 is 0 Å². The van der Waals surface area contributed by atoms with Crippen LogP contribution in [0, 0.1) is 0 Å². The van der Waals surface area contributed by atoms with E-state index >= 15 is 0 Å². The van der Waals surface area contributed by atoms with Crippen molar-refractivity contribution in [3.63, 3.8) is 0 Å². The molecular formula is C8H19NO. The quantitative estimate of drug-likeness (QED) is 0.580. The highest BCUT2D eigenvalue weighted by molar-refractivity contribution is 4.70. The fraction of sp³-hybridized carbons (Fsp3) is 1.00. The molecule has 0 saturated heterocycles. The van der Waals surface area contributed by atoms with Crippen molar-refractivity contribution in [3.05, 3.63) is 0 Å². The highest BCUT2D eigenvalue weighted by Crippen LogP contribution is 2.16. The lowest BCUT2D eigenvalue weighted by Gasteiger charge is -2.03. The van der Waals surface area contributed by atoms with Crippen LogP contribution in [0.15, 0.2) is 0 Å². The molecule has 0 bridgehead atoms. The molecule has 1 aliphatic rings. The number of aliphatic hydroxyl groups is 1. The second kappa shape index (κ2) is 7.03. The molecule has 62 valence electrons. The van der Waals surface area contributed by atoms with Gasteiger partial charge >= 0.3 is 0 Å². The van der Waals surface area contributed by atoms with Crippen molar-refractivity contribution in [1.29, 1.82) is 0 Å². The summed E-state index contributed by atoms with van der Waals surface area (Å²) in [5.74, 6) is 0. The van der Waals surface area contributed by atoms with Gasteiger partial charge in [-0.2, -0.15) is 0 Å². The molecule has 2 N–H and O–H groups in total. The summed E-state index contributed by atoms with van der Waals surface area (Å²) in [5, 5.41) is 10.8. The second-order valence-electron chi connectivity index (χ2n) is 2.59. The smallest absolute Gasteiger partial charge is 0.0402 e. The summed E-state index contributed by atoms with van der Waals surface area (Å²) in [6.07, 6.45) is 5.67. The molecule has 0 amide bonds. The Morgan fingerprint density at radius 3 is 2.00 bits per heavy atom. The van der Waals surface area contributed by atoms with E-state index in [1.54, 1.807) is 6.92 Å². The molecule has 1 aliphatic carbocycles. The Morgan fingerprint density at radius 2 is 1.80 bits per heavy atom. The minimum Gasteiger partial charge on any atom is -0.397 e. The van der Waals surface area contributed by atoms with Gasteiger partial charge in [-0.15, -0.1) is 0 Å². The van der Waals surface area contributed by atoms with Crippen molar-refractivity contribution < 1.29 is 5.11 Å². The maximum absolute atomic E-state index is 7.57. The van der Waals surface area contributed by atoms with Crippen LogP contribution in [0.3, 0.4) is 0 Å². The third kappa shape index (κ3) is 4.77. The average molecular weight is 145 g/mol. The highest BCUT2D eigenvalue weighted by Gasteiger charge is 2.10. The first-order valence-corrected chi connectivity index (χ1v) is 4.13. The largest absolute Gasteiger partial charge is 0.397 e. The minimum atomic E-state index is 0.250. The van der Waals surface area contributed by atoms with E-state index in [1.165, 1.54) is 25.7 Å². The van der Waals surface area contributed by atoms with Crippen LogP contribution in [0.1, 0.15) is 32.6 Å². The van der Waals surface area contributed by atoms with Crippen molar-refractivity contribution in [2.24, 2.45) is 0 Å². The number of rotatable bonds is 1. The van der Waals surface area contributed by atoms with Crippen molar-refractivity contribution in [3.8, 4) is 0 Å². The molecule has 0 aromatic rings. The summed E-state index contributed by atoms with van der Waals surface area (Å²) in [5.41, 5.74) is 0. The molecule has 1 rings (SSSR count). The zero-order valence-electron chi connectivity index (χ0n) is 7.06. The SMILES string of the molecule is CCO.CNC1CCCC1. The van der Waals surface area contributed by atoms with Crippen LogP contribution in [-0.4, -0.2) is 24.8 Å². The van der Waals surface area contributed by atoms with Gasteiger partial charge in [-0.05, 0) is 26.8 Å². The molecule has 0 radical (unpaired) electrons. The molecule has 1 fully saturated rings. The average Bonchev–Trinajstić information content (AvgIpc) is 2.39. The topological polar surface area (TPSA) is 32.3 Å². The van der Waals surface area contributed by atoms with Gasteiger partial charge in [0.1, 0.15) is 0 Å². The van der Waals surface area contributed by atoms with Crippen LogP contribution in [0.2, 0.25) is 0 Å². The van der Waals surface area contributed by atoms with E-state index in [2.05, 4.69) is 12.4 Å². The zero-order chi connectivity index (χ0) is 7.82. The molecule has 2 heteroatoms. The summed E-state index contributed by atoms with van der Waals surface area (Å²) in [7, 11) is 2.05. The van der Waals surface area contributed by atoms with Crippen molar-refractivity contribution in [2.75, 3.05) is 13.7 Å². The fourth-order valence-corrected chi connectivity index (χ4v) is 1.21. The molecule has 0 unspecified atom stereocenters. The Bertz CT molecular complexity index is 60.3. The fourth-order valence-electron chi connectivity index (χ4n) is 1.21. The third-order valence-electron chi connectivity index (χ3n) is 1.76.